The molecule has 1 aromatic rings. The zero-order chi connectivity index (χ0) is 18.4. The van der Waals surface area contributed by atoms with Crippen LogP contribution < -0.4 is 9.64 Å². The number of hydrogen-bond acceptors (Lipinski definition) is 5. The molecule has 0 saturated carbocycles. The number of alkyl halides is 3. The Morgan fingerprint density at radius 1 is 1.16 bits per heavy atom. The van der Waals surface area contributed by atoms with Crippen molar-refractivity contribution in [3.05, 3.63) is 35.6 Å². The predicted molar refractivity (Wildman–Crippen MR) is 85.6 cm³/mol. The highest BCUT2D eigenvalue weighted by molar-refractivity contribution is 7.87. The number of methoxy groups -OCH3 is 1. The minimum atomic E-state index is -5.64. The molecule has 0 N–H and O–H groups in total. The summed E-state index contributed by atoms with van der Waals surface area (Å²) >= 11 is 0. The van der Waals surface area contributed by atoms with Crippen LogP contribution in [0.4, 0.5) is 18.9 Å². The highest BCUT2D eigenvalue weighted by Crippen LogP contribution is 2.43. The third-order valence-electron chi connectivity index (χ3n) is 4.73. The Kier molecular flexibility index (Phi) is 4.38. The summed E-state index contributed by atoms with van der Waals surface area (Å²) < 4.78 is 70.2. The predicted octanol–water partition coefficient (Wildman–Crippen LogP) is 3.43. The molecule has 138 valence electrons. The van der Waals surface area contributed by atoms with Gasteiger partial charge in [0.25, 0.3) is 0 Å². The maximum atomic E-state index is 12.6. The average molecular weight is 377 g/mol. The van der Waals surface area contributed by atoms with Crippen LogP contribution in [0.25, 0.3) is 0 Å². The van der Waals surface area contributed by atoms with E-state index >= 15 is 0 Å². The van der Waals surface area contributed by atoms with Gasteiger partial charge in [-0.3, -0.25) is 0 Å². The summed E-state index contributed by atoms with van der Waals surface area (Å²) in [4.78, 5) is 2.07. The minimum Gasteiger partial charge on any atom is -0.497 e. The summed E-state index contributed by atoms with van der Waals surface area (Å²) in [6, 6.07) is 7.18. The van der Waals surface area contributed by atoms with Crippen LogP contribution in [0.3, 0.4) is 0 Å². The molecule has 1 aliphatic carbocycles. The molecule has 2 unspecified atom stereocenters. The molecular formula is C16H18F3NO4S. The lowest BCUT2D eigenvalue weighted by molar-refractivity contribution is -0.0530. The van der Waals surface area contributed by atoms with E-state index in [-0.39, 0.29) is 17.7 Å². The zero-order valence-corrected chi connectivity index (χ0v) is 14.5. The van der Waals surface area contributed by atoms with Gasteiger partial charge in [0.05, 0.1) is 13.2 Å². The fraction of sp³-hybridized carbons (Fsp3) is 0.500. The molecule has 0 amide bonds. The number of piperidine rings is 1. The van der Waals surface area contributed by atoms with Gasteiger partial charge in [0.1, 0.15) is 11.5 Å². The van der Waals surface area contributed by atoms with Crippen LogP contribution in [0.15, 0.2) is 35.6 Å². The van der Waals surface area contributed by atoms with Crippen molar-refractivity contribution in [2.75, 3.05) is 18.6 Å². The molecule has 3 aliphatic rings. The highest BCUT2D eigenvalue weighted by atomic mass is 32.2. The smallest absolute Gasteiger partial charge is 0.497 e. The number of nitrogens with zero attached hydrogens (tertiary/aromatic N) is 1. The Balaban J connectivity index is 1.89. The summed E-state index contributed by atoms with van der Waals surface area (Å²) in [5, 5.41) is 0. The Labute approximate surface area is 144 Å². The Morgan fingerprint density at radius 3 is 2.32 bits per heavy atom. The summed E-state index contributed by atoms with van der Waals surface area (Å²) in [7, 11) is -4.07. The maximum absolute atomic E-state index is 12.6. The molecule has 1 aromatic carbocycles. The van der Waals surface area contributed by atoms with E-state index in [2.05, 4.69) is 9.08 Å². The summed E-state index contributed by atoms with van der Waals surface area (Å²) in [6.45, 7) is 2.05. The zero-order valence-electron chi connectivity index (χ0n) is 13.7. The van der Waals surface area contributed by atoms with Gasteiger partial charge in [-0.2, -0.15) is 21.6 Å². The lowest BCUT2D eigenvalue weighted by Gasteiger charge is -2.47. The van der Waals surface area contributed by atoms with Crippen LogP contribution in [-0.2, 0) is 14.3 Å². The monoisotopic (exact) mass is 377 g/mol. The lowest BCUT2D eigenvalue weighted by Crippen LogP contribution is -2.50. The second kappa shape index (κ2) is 6.12. The van der Waals surface area contributed by atoms with E-state index in [1.807, 2.05) is 24.3 Å². The molecule has 5 nitrogen and oxygen atoms in total. The molecule has 1 saturated heterocycles. The van der Waals surface area contributed by atoms with E-state index in [0.717, 1.165) is 12.1 Å². The first kappa shape index (κ1) is 17.9. The van der Waals surface area contributed by atoms with Gasteiger partial charge in [-0.05, 0) is 49.6 Å². The Bertz CT molecular complexity index is 787. The van der Waals surface area contributed by atoms with Gasteiger partial charge in [-0.15, -0.1) is 0 Å². The fourth-order valence-corrected chi connectivity index (χ4v) is 4.08. The topological polar surface area (TPSA) is 55.8 Å². The van der Waals surface area contributed by atoms with Gasteiger partial charge in [-0.25, -0.2) is 0 Å². The molecule has 25 heavy (non-hydrogen) atoms. The van der Waals surface area contributed by atoms with E-state index in [0.29, 0.717) is 24.3 Å². The molecule has 0 radical (unpaired) electrons. The molecule has 2 bridgehead atoms. The number of halogens is 3. The molecule has 1 fully saturated rings. The molecule has 2 aliphatic heterocycles. The van der Waals surface area contributed by atoms with Crippen LogP contribution in [0.1, 0.15) is 19.8 Å². The molecule has 2 heterocycles. The van der Waals surface area contributed by atoms with E-state index in [1.54, 1.807) is 14.0 Å². The SMILES string of the molecule is COc1ccc(N2CC3CCC2C(C)=C3OS(=O)(=O)C(F)(F)F)cc1. The van der Waals surface area contributed by atoms with Crippen molar-refractivity contribution in [3.8, 4) is 5.75 Å². The number of hydrogen-bond donors (Lipinski definition) is 0. The van der Waals surface area contributed by atoms with E-state index < -0.39 is 15.6 Å². The van der Waals surface area contributed by atoms with Crippen molar-refractivity contribution in [3.63, 3.8) is 0 Å². The summed E-state index contributed by atoms with van der Waals surface area (Å²) in [5.41, 5.74) is -3.98. The molecule has 4 rings (SSSR count). The first-order valence-corrected chi connectivity index (χ1v) is 9.17. The third-order valence-corrected chi connectivity index (χ3v) is 5.69. The Hall–Kier alpha value is -1.90. The normalized spacial score (nSPS) is 23.8. The van der Waals surface area contributed by atoms with Gasteiger partial charge >= 0.3 is 15.6 Å². The third kappa shape index (κ3) is 3.17. The molecule has 9 heteroatoms. The number of ether oxygens (including phenoxy) is 1. The van der Waals surface area contributed by atoms with Crippen molar-refractivity contribution in [1.82, 2.24) is 0 Å². The lowest BCUT2D eigenvalue weighted by atomic mass is 9.79. The van der Waals surface area contributed by atoms with Crippen LogP contribution in [0, 0.1) is 5.92 Å². The van der Waals surface area contributed by atoms with Crippen molar-refractivity contribution in [2.45, 2.75) is 31.3 Å². The van der Waals surface area contributed by atoms with Gasteiger partial charge < -0.3 is 13.8 Å². The molecule has 0 aromatic heterocycles. The largest absolute Gasteiger partial charge is 0.534 e. The van der Waals surface area contributed by atoms with Crippen molar-refractivity contribution in [1.29, 1.82) is 0 Å². The van der Waals surface area contributed by atoms with Crippen molar-refractivity contribution in [2.24, 2.45) is 5.92 Å². The van der Waals surface area contributed by atoms with Crippen LogP contribution in [0.5, 0.6) is 5.75 Å². The van der Waals surface area contributed by atoms with Crippen molar-refractivity contribution < 1.29 is 30.5 Å². The second-order valence-corrected chi connectivity index (χ2v) is 7.71. The molecule has 0 spiro atoms. The first-order chi connectivity index (χ1) is 11.6. The van der Waals surface area contributed by atoms with Crippen molar-refractivity contribution >= 4 is 15.8 Å². The number of benzene rings is 1. The van der Waals surface area contributed by atoms with Crippen LogP contribution in [-0.4, -0.2) is 33.6 Å². The van der Waals surface area contributed by atoms with Crippen LogP contribution in [0.2, 0.25) is 0 Å². The van der Waals surface area contributed by atoms with E-state index in [4.69, 9.17) is 4.74 Å². The van der Waals surface area contributed by atoms with Gasteiger partial charge in [0.2, 0.25) is 0 Å². The van der Waals surface area contributed by atoms with E-state index in [1.165, 1.54) is 0 Å². The number of anilines is 1. The molecule has 2 atom stereocenters. The average Bonchev–Trinajstić information content (AvgIpc) is 2.57. The second-order valence-electron chi connectivity index (χ2n) is 6.17. The highest BCUT2D eigenvalue weighted by Gasteiger charge is 2.51. The Morgan fingerprint density at radius 2 is 1.80 bits per heavy atom. The minimum absolute atomic E-state index is 0.0571. The quantitative estimate of drug-likeness (QED) is 0.594. The van der Waals surface area contributed by atoms with Gasteiger partial charge in [0.15, 0.2) is 0 Å². The number of rotatable bonds is 4. The summed E-state index contributed by atoms with van der Waals surface area (Å²) in [6.07, 6.45) is 1.33. The first-order valence-electron chi connectivity index (χ1n) is 7.76. The van der Waals surface area contributed by atoms with Gasteiger partial charge in [-0.1, -0.05) is 0 Å². The summed E-state index contributed by atoms with van der Waals surface area (Å²) in [5.74, 6) is 0.265. The number of fused-ring (bicyclic) bond motifs is 2. The van der Waals surface area contributed by atoms with Crippen LogP contribution >= 0.6 is 0 Å². The standard InChI is InChI=1S/C16H18F3NO4S/c1-10-14-8-3-11(15(10)24-25(21,22)16(17,18)19)9-20(14)12-4-6-13(23-2)7-5-12/h4-7,11,14H,3,8-9H2,1-2H3. The molecular weight excluding hydrogens is 359 g/mol. The fourth-order valence-electron chi connectivity index (χ4n) is 3.48. The maximum Gasteiger partial charge on any atom is 0.534 e. The van der Waals surface area contributed by atoms with E-state index in [9.17, 15) is 21.6 Å². The van der Waals surface area contributed by atoms with Gasteiger partial charge in [0, 0.05) is 18.2 Å².